The summed E-state index contributed by atoms with van der Waals surface area (Å²) in [5.74, 6) is 0.184. The highest BCUT2D eigenvalue weighted by atomic mass is 16.5. The lowest BCUT2D eigenvalue weighted by molar-refractivity contribution is -0.127. The number of benzene rings is 3. The van der Waals surface area contributed by atoms with Crippen LogP contribution in [0.4, 0.5) is 5.69 Å². The molecule has 1 unspecified atom stereocenters. The Morgan fingerprint density at radius 2 is 1.69 bits per heavy atom. The van der Waals surface area contributed by atoms with E-state index in [0.29, 0.717) is 33.8 Å². The summed E-state index contributed by atoms with van der Waals surface area (Å²) in [5.41, 5.74) is 2.10. The number of aromatic nitrogens is 3. The molecule has 0 saturated heterocycles. The minimum atomic E-state index is -1.15. The second-order valence-corrected chi connectivity index (χ2v) is 10.2. The molecule has 1 aliphatic carbocycles. The highest BCUT2D eigenvalue weighted by Crippen LogP contribution is 2.37. The van der Waals surface area contributed by atoms with Crippen molar-refractivity contribution >= 4 is 28.5 Å². The number of amides is 2. The van der Waals surface area contributed by atoms with Crippen molar-refractivity contribution in [2.45, 2.75) is 50.7 Å². The van der Waals surface area contributed by atoms with Crippen molar-refractivity contribution in [3.63, 3.8) is 0 Å². The first-order valence-corrected chi connectivity index (χ1v) is 13.9. The number of hydrogen-bond donors (Lipinski definition) is 2. The molecule has 11 heteroatoms. The zero-order chi connectivity index (χ0) is 29.6. The van der Waals surface area contributed by atoms with Gasteiger partial charge in [-0.3, -0.25) is 14.5 Å². The number of carbonyl (C=O) groups is 2. The number of anilines is 1. The molecule has 2 N–H and O–H groups in total. The van der Waals surface area contributed by atoms with Crippen LogP contribution < -0.4 is 24.4 Å². The van der Waals surface area contributed by atoms with Crippen molar-refractivity contribution < 1.29 is 28.9 Å². The lowest BCUT2D eigenvalue weighted by atomic mass is 9.94. The Morgan fingerprint density at radius 1 is 0.976 bits per heavy atom. The summed E-state index contributed by atoms with van der Waals surface area (Å²) in [6, 6.07) is 15.9. The fourth-order valence-corrected chi connectivity index (χ4v) is 5.43. The van der Waals surface area contributed by atoms with E-state index < -0.39 is 11.9 Å². The molecule has 4 aromatic rings. The highest BCUT2D eigenvalue weighted by Gasteiger charge is 2.35. The van der Waals surface area contributed by atoms with E-state index in [9.17, 15) is 14.7 Å². The lowest BCUT2D eigenvalue weighted by Crippen LogP contribution is -2.48. The normalized spacial score (nSPS) is 14.3. The molecule has 11 nitrogen and oxygen atoms in total. The quantitative estimate of drug-likeness (QED) is 0.286. The number of carbonyl (C=O) groups excluding carboxylic acids is 2. The molecule has 0 bridgehead atoms. The maximum Gasteiger partial charge on any atom is 0.249 e. The van der Waals surface area contributed by atoms with E-state index in [-0.39, 0.29) is 30.0 Å². The number of phenolic OH excluding ortho intramolecular Hbond substituents is 1. The molecule has 1 aromatic heterocycles. The van der Waals surface area contributed by atoms with Gasteiger partial charge in [0.25, 0.3) is 0 Å². The third-order valence-corrected chi connectivity index (χ3v) is 7.57. The Bertz CT molecular complexity index is 1540. The van der Waals surface area contributed by atoms with E-state index in [0.717, 1.165) is 32.1 Å². The molecule has 2 amide bonds. The Balaban J connectivity index is 1.64. The van der Waals surface area contributed by atoms with Crippen LogP contribution in [-0.2, 0) is 16.1 Å². The second kappa shape index (κ2) is 12.8. The summed E-state index contributed by atoms with van der Waals surface area (Å²) in [4.78, 5) is 30.0. The summed E-state index contributed by atoms with van der Waals surface area (Å²) < 4.78 is 17.8. The van der Waals surface area contributed by atoms with Crippen LogP contribution in [-0.4, -0.2) is 59.3 Å². The van der Waals surface area contributed by atoms with Crippen molar-refractivity contribution in [3.05, 3.63) is 66.2 Å². The molecule has 220 valence electrons. The topological polar surface area (TPSA) is 128 Å². The van der Waals surface area contributed by atoms with Gasteiger partial charge in [-0.2, -0.15) is 0 Å². The molecule has 1 atom stereocenters. The van der Waals surface area contributed by atoms with Crippen LogP contribution in [0.15, 0.2) is 60.7 Å². The molecule has 1 heterocycles. The molecule has 0 aliphatic heterocycles. The number of phenols is 1. The maximum atomic E-state index is 14.4. The summed E-state index contributed by atoms with van der Waals surface area (Å²) in [6.07, 6.45) is 4.89. The Kier molecular flexibility index (Phi) is 8.75. The number of aromatic hydroxyl groups is 1. The van der Waals surface area contributed by atoms with E-state index >= 15 is 0 Å². The third kappa shape index (κ3) is 6.09. The van der Waals surface area contributed by atoms with Gasteiger partial charge >= 0.3 is 0 Å². The van der Waals surface area contributed by atoms with Crippen molar-refractivity contribution in [1.29, 1.82) is 0 Å². The fourth-order valence-electron chi connectivity index (χ4n) is 5.43. The van der Waals surface area contributed by atoms with Crippen LogP contribution in [0.5, 0.6) is 23.0 Å². The van der Waals surface area contributed by atoms with E-state index in [4.69, 9.17) is 14.2 Å². The monoisotopic (exact) mass is 573 g/mol. The zero-order valence-electron chi connectivity index (χ0n) is 23.9. The van der Waals surface area contributed by atoms with Gasteiger partial charge in [-0.1, -0.05) is 42.7 Å². The summed E-state index contributed by atoms with van der Waals surface area (Å²) in [7, 11) is 4.48. The number of ether oxygens (including phenoxy) is 3. The highest BCUT2D eigenvalue weighted by molar-refractivity contribution is 6.02. The predicted octanol–water partition coefficient (Wildman–Crippen LogP) is 4.39. The van der Waals surface area contributed by atoms with Crippen molar-refractivity contribution in [1.82, 2.24) is 20.3 Å². The molecular weight excluding hydrogens is 538 g/mol. The van der Waals surface area contributed by atoms with Crippen LogP contribution >= 0.6 is 0 Å². The molecule has 5 rings (SSSR count). The van der Waals surface area contributed by atoms with Gasteiger partial charge in [0.15, 0.2) is 11.5 Å². The number of nitrogens with one attached hydrogen (secondary N) is 1. The van der Waals surface area contributed by atoms with Gasteiger partial charge in [0.05, 0.1) is 32.5 Å². The summed E-state index contributed by atoms with van der Waals surface area (Å²) in [6.45, 7) is -0.199. The second-order valence-electron chi connectivity index (χ2n) is 10.2. The molecule has 0 spiro atoms. The number of hydrogen-bond acceptors (Lipinski definition) is 8. The van der Waals surface area contributed by atoms with Gasteiger partial charge in [-0.25, -0.2) is 4.68 Å². The van der Waals surface area contributed by atoms with Gasteiger partial charge in [-0.05, 0) is 42.7 Å². The lowest BCUT2D eigenvalue weighted by Gasteiger charge is -2.34. The minimum absolute atomic E-state index is 0.0170. The predicted molar refractivity (Wildman–Crippen MR) is 157 cm³/mol. The van der Waals surface area contributed by atoms with E-state index in [1.54, 1.807) is 30.3 Å². The van der Waals surface area contributed by atoms with Crippen LogP contribution in [0, 0.1) is 0 Å². The number of fused-ring (bicyclic) bond motifs is 1. The van der Waals surface area contributed by atoms with Crippen LogP contribution in [0.3, 0.4) is 0 Å². The van der Waals surface area contributed by atoms with Gasteiger partial charge in [0, 0.05) is 24.2 Å². The largest absolute Gasteiger partial charge is 0.504 e. The summed E-state index contributed by atoms with van der Waals surface area (Å²) in [5, 5.41) is 22.3. The number of nitrogens with zero attached hydrogens (tertiary/aromatic N) is 4. The van der Waals surface area contributed by atoms with Crippen molar-refractivity contribution in [2.24, 2.45) is 0 Å². The summed E-state index contributed by atoms with van der Waals surface area (Å²) >= 11 is 0. The minimum Gasteiger partial charge on any atom is -0.504 e. The Morgan fingerprint density at radius 3 is 2.36 bits per heavy atom. The number of rotatable bonds is 10. The molecule has 1 saturated carbocycles. The Labute approximate surface area is 244 Å². The van der Waals surface area contributed by atoms with Gasteiger partial charge < -0.3 is 24.6 Å². The first-order valence-electron chi connectivity index (χ1n) is 13.9. The maximum absolute atomic E-state index is 14.4. The average molecular weight is 574 g/mol. The average Bonchev–Trinajstić information content (AvgIpc) is 3.42. The molecule has 3 aromatic carbocycles. The molecular formula is C31H35N5O6. The molecule has 1 aliphatic rings. The zero-order valence-corrected chi connectivity index (χ0v) is 23.9. The first kappa shape index (κ1) is 28.7. The first-order chi connectivity index (χ1) is 20.4. The standard InChI is InChI=1S/C31H35N5O6/c1-40-23-16-22(17-24(18-23)41-2)36(29(38)19-35-26-12-8-7-11-25(26)33-34-35)30(20-13-14-28(42-3)27(37)15-20)31(39)32-21-9-5-4-6-10-21/h7-8,11-18,21,30,37H,4-6,9-10,19H2,1-3H3,(H,32,39). The van der Waals surface area contributed by atoms with Crippen LogP contribution in [0.25, 0.3) is 11.0 Å². The van der Waals surface area contributed by atoms with E-state index in [1.165, 1.54) is 37.0 Å². The van der Waals surface area contributed by atoms with E-state index in [1.807, 2.05) is 24.3 Å². The van der Waals surface area contributed by atoms with Crippen LogP contribution in [0.2, 0.25) is 0 Å². The number of methoxy groups -OCH3 is 3. The van der Waals surface area contributed by atoms with Crippen molar-refractivity contribution in [3.8, 4) is 23.0 Å². The van der Waals surface area contributed by atoms with Gasteiger partial charge in [0.1, 0.15) is 29.6 Å². The number of para-hydroxylation sites is 1. The molecule has 0 radical (unpaired) electrons. The SMILES string of the molecule is COc1cc(OC)cc(N(C(=O)Cn2nnc3ccccc32)C(C(=O)NC2CCCCC2)c2ccc(OC)c(O)c2)c1. The molecule has 1 fully saturated rings. The molecule has 42 heavy (non-hydrogen) atoms. The van der Waals surface area contributed by atoms with Gasteiger partial charge in [-0.15, -0.1) is 5.10 Å². The fraction of sp³-hybridized carbons (Fsp3) is 0.355. The Hall–Kier alpha value is -4.80. The smallest absolute Gasteiger partial charge is 0.249 e. The van der Waals surface area contributed by atoms with Gasteiger partial charge in [0.2, 0.25) is 11.8 Å². The van der Waals surface area contributed by atoms with Crippen LogP contribution in [0.1, 0.15) is 43.7 Å². The van der Waals surface area contributed by atoms with Crippen molar-refractivity contribution in [2.75, 3.05) is 26.2 Å². The third-order valence-electron chi connectivity index (χ3n) is 7.57. The van der Waals surface area contributed by atoms with E-state index in [2.05, 4.69) is 15.6 Å².